The van der Waals surface area contributed by atoms with Crippen molar-refractivity contribution < 1.29 is 14.6 Å². The van der Waals surface area contributed by atoms with Crippen LogP contribution in [0.3, 0.4) is 0 Å². The first-order chi connectivity index (χ1) is 14.5. The summed E-state index contributed by atoms with van der Waals surface area (Å²) in [5, 5.41) is 11.5. The van der Waals surface area contributed by atoms with Gasteiger partial charge in [-0.15, -0.1) is 0 Å². The van der Waals surface area contributed by atoms with Gasteiger partial charge in [0.05, 0.1) is 12.7 Å². The highest BCUT2D eigenvalue weighted by Gasteiger charge is 2.40. The average molecular weight is 416 g/mol. The molecule has 0 aliphatic carbocycles. The van der Waals surface area contributed by atoms with Gasteiger partial charge >= 0.3 is 0 Å². The van der Waals surface area contributed by atoms with E-state index in [2.05, 4.69) is 21.9 Å². The molecule has 6 nitrogen and oxygen atoms in total. The van der Waals surface area contributed by atoms with Crippen molar-refractivity contribution in [3.8, 4) is 5.75 Å². The lowest BCUT2D eigenvalue weighted by molar-refractivity contribution is -0.132. The molecule has 30 heavy (non-hydrogen) atoms. The molecule has 3 saturated heterocycles. The van der Waals surface area contributed by atoms with Crippen LogP contribution in [0.5, 0.6) is 5.75 Å². The third-order valence-electron chi connectivity index (χ3n) is 7.49. The molecular weight excluding hydrogens is 378 g/mol. The number of benzene rings is 1. The summed E-state index contributed by atoms with van der Waals surface area (Å²) < 4.78 is 5.36. The van der Waals surface area contributed by atoms with Gasteiger partial charge in [0.1, 0.15) is 5.75 Å². The summed E-state index contributed by atoms with van der Waals surface area (Å²) in [6.07, 6.45) is 6.24. The molecular formula is C24H37N3O3. The zero-order chi connectivity index (χ0) is 21.1. The molecule has 3 fully saturated rings. The highest BCUT2D eigenvalue weighted by molar-refractivity contribution is 5.73. The SMILES string of the molecule is COc1cccc(N2CCC(O)(CN3CCCC[C@@H]4CN(C(C)=O)CC[C@@H]43)CC2)c1. The smallest absolute Gasteiger partial charge is 0.219 e. The number of anilines is 1. The minimum absolute atomic E-state index is 0.202. The van der Waals surface area contributed by atoms with Gasteiger partial charge in [-0.05, 0) is 56.7 Å². The Morgan fingerprint density at radius 2 is 1.97 bits per heavy atom. The van der Waals surface area contributed by atoms with Gasteiger partial charge in [0, 0.05) is 57.4 Å². The second kappa shape index (κ2) is 9.15. The summed E-state index contributed by atoms with van der Waals surface area (Å²) in [6, 6.07) is 8.70. The van der Waals surface area contributed by atoms with Crippen molar-refractivity contribution in [2.24, 2.45) is 5.92 Å². The summed E-state index contributed by atoms with van der Waals surface area (Å²) in [7, 11) is 1.70. The molecule has 0 saturated carbocycles. The number of carbonyl (C=O) groups is 1. The number of rotatable bonds is 4. The molecule has 1 aromatic carbocycles. The summed E-state index contributed by atoms with van der Waals surface area (Å²) in [6.45, 7) is 7.00. The van der Waals surface area contributed by atoms with Crippen LogP contribution in [0.1, 0.15) is 45.4 Å². The summed E-state index contributed by atoms with van der Waals surface area (Å²) in [4.78, 5) is 18.8. The van der Waals surface area contributed by atoms with Crippen LogP contribution >= 0.6 is 0 Å². The molecule has 4 rings (SSSR count). The number of methoxy groups -OCH3 is 1. The van der Waals surface area contributed by atoms with Crippen LogP contribution in [0, 0.1) is 5.92 Å². The van der Waals surface area contributed by atoms with Crippen LogP contribution < -0.4 is 9.64 Å². The summed E-state index contributed by atoms with van der Waals surface area (Å²) in [5.74, 6) is 1.62. The van der Waals surface area contributed by atoms with E-state index < -0.39 is 5.60 Å². The van der Waals surface area contributed by atoms with E-state index >= 15 is 0 Å². The number of β-amino-alcohol motifs (C(OH)–C–C–N with tert-alkyl or cyclic N) is 1. The van der Waals surface area contributed by atoms with E-state index in [1.54, 1.807) is 14.0 Å². The van der Waals surface area contributed by atoms with Gasteiger partial charge in [-0.25, -0.2) is 0 Å². The van der Waals surface area contributed by atoms with Crippen LogP contribution in [-0.2, 0) is 4.79 Å². The molecule has 1 N–H and O–H groups in total. The van der Waals surface area contributed by atoms with E-state index in [-0.39, 0.29) is 5.91 Å². The molecule has 0 radical (unpaired) electrons. The van der Waals surface area contributed by atoms with Crippen molar-refractivity contribution in [3.05, 3.63) is 24.3 Å². The van der Waals surface area contributed by atoms with Gasteiger partial charge in [-0.2, -0.15) is 0 Å². The molecule has 0 bridgehead atoms. The maximum absolute atomic E-state index is 11.9. The van der Waals surface area contributed by atoms with Crippen LogP contribution in [-0.4, -0.2) is 78.8 Å². The monoisotopic (exact) mass is 415 g/mol. The van der Waals surface area contributed by atoms with Crippen molar-refractivity contribution >= 4 is 11.6 Å². The Morgan fingerprint density at radius 3 is 2.70 bits per heavy atom. The number of hydrogen-bond donors (Lipinski definition) is 1. The number of amides is 1. The maximum atomic E-state index is 11.9. The first-order valence-electron chi connectivity index (χ1n) is 11.6. The third-order valence-corrected chi connectivity index (χ3v) is 7.49. The zero-order valence-corrected chi connectivity index (χ0v) is 18.6. The summed E-state index contributed by atoms with van der Waals surface area (Å²) in [5.41, 5.74) is 0.546. The van der Waals surface area contributed by atoms with E-state index in [1.807, 2.05) is 17.0 Å². The maximum Gasteiger partial charge on any atom is 0.219 e. The van der Waals surface area contributed by atoms with Gasteiger partial charge in [-0.1, -0.05) is 12.5 Å². The Hall–Kier alpha value is -1.79. The lowest BCUT2D eigenvalue weighted by Gasteiger charge is -2.47. The van der Waals surface area contributed by atoms with E-state index in [9.17, 15) is 9.90 Å². The van der Waals surface area contributed by atoms with Gasteiger partial charge in [0.15, 0.2) is 0 Å². The molecule has 3 aliphatic heterocycles. The zero-order valence-electron chi connectivity index (χ0n) is 18.6. The Bertz CT molecular complexity index is 732. The minimum Gasteiger partial charge on any atom is -0.497 e. The van der Waals surface area contributed by atoms with Crippen molar-refractivity contribution in [2.45, 2.75) is 57.1 Å². The van der Waals surface area contributed by atoms with Gasteiger partial charge in [-0.3, -0.25) is 9.69 Å². The van der Waals surface area contributed by atoms with Gasteiger partial charge in [0.25, 0.3) is 0 Å². The van der Waals surface area contributed by atoms with Crippen molar-refractivity contribution in [2.75, 3.05) is 51.3 Å². The van der Waals surface area contributed by atoms with Gasteiger partial charge in [0.2, 0.25) is 5.91 Å². The largest absolute Gasteiger partial charge is 0.497 e. The molecule has 1 aromatic rings. The fraction of sp³-hybridized carbons (Fsp3) is 0.708. The molecule has 3 heterocycles. The lowest BCUT2D eigenvalue weighted by atomic mass is 9.85. The average Bonchev–Trinajstić information content (AvgIpc) is 2.95. The van der Waals surface area contributed by atoms with Crippen LogP contribution in [0.25, 0.3) is 0 Å². The topological polar surface area (TPSA) is 56.3 Å². The normalized spacial score (nSPS) is 27.3. The molecule has 1 amide bonds. The molecule has 0 unspecified atom stereocenters. The number of ether oxygens (including phenoxy) is 1. The van der Waals surface area contributed by atoms with Crippen LogP contribution in [0.15, 0.2) is 24.3 Å². The minimum atomic E-state index is -0.623. The van der Waals surface area contributed by atoms with E-state index in [0.29, 0.717) is 12.0 Å². The van der Waals surface area contributed by atoms with Crippen molar-refractivity contribution in [3.63, 3.8) is 0 Å². The molecule has 166 valence electrons. The van der Waals surface area contributed by atoms with Crippen molar-refractivity contribution in [1.82, 2.24) is 9.80 Å². The number of piperidine rings is 2. The van der Waals surface area contributed by atoms with E-state index in [0.717, 1.165) is 64.3 Å². The third kappa shape index (κ3) is 4.75. The Labute approximate surface area is 180 Å². The van der Waals surface area contributed by atoms with E-state index in [4.69, 9.17) is 4.74 Å². The second-order valence-corrected chi connectivity index (χ2v) is 9.46. The lowest BCUT2D eigenvalue weighted by Crippen LogP contribution is -2.57. The molecule has 6 heteroatoms. The van der Waals surface area contributed by atoms with E-state index in [1.165, 1.54) is 24.9 Å². The predicted molar refractivity (Wildman–Crippen MR) is 119 cm³/mol. The first-order valence-corrected chi connectivity index (χ1v) is 11.6. The number of aliphatic hydroxyl groups is 1. The predicted octanol–water partition coefficient (Wildman–Crippen LogP) is 2.75. The number of likely N-dealkylation sites (tertiary alicyclic amines) is 2. The summed E-state index contributed by atoms with van der Waals surface area (Å²) >= 11 is 0. The Balaban J connectivity index is 1.38. The highest BCUT2D eigenvalue weighted by atomic mass is 16.5. The van der Waals surface area contributed by atoms with Crippen LogP contribution in [0.4, 0.5) is 5.69 Å². The number of fused-ring (bicyclic) bond motifs is 1. The number of carbonyl (C=O) groups excluding carboxylic acids is 1. The molecule has 0 aromatic heterocycles. The number of hydrogen-bond acceptors (Lipinski definition) is 5. The fourth-order valence-corrected chi connectivity index (χ4v) is 5.68. The standard InChI is InChI=1S/C24H37N3O3/c1-19(28)26-13-9-23-20(17-26)6-3-4-12-27(23)18-24(29)10-14-25(15-11-24)21-7-5-8-22(16-21)30-2/h5,7-8,16,20,23,29H,3-4,6,9-15,17-18H2,1-2H3/t20-,23+/m1/s1. The van der Waals surface area contributed by atoms with Crippen LogP contribution in [0.2, 0.25) is 0 Å². The molecule has 0 spiro atoms. The quantitative estimate of drug-likeness (QED) is 0.820. The van der Waals surface area contributed by atoms with Gasteiger partial charge < -0.3 is 19.6 Å². The molecule has 3 aliphatic rings. The Kier molecular flexibility index (Phi) is 6.54. The molecule has 2 atom stereocenters. The number of nitrogens with zero attached hydrogens (tertiary/aromatic N) is 3. The second-order valence-electron chi connectivity index (χ2n) is 9.46. The van der Waals surface area contributed by atoms with Crippen molar-refractivity contribution in [1.29, 1.82) is 0 Å². The first kappa shape index (κ1) is 21.4. The Morgan fingerprint density at radius 1 is 1.17 bits per heavy atom. The highest BCUT2D eigenvalue weighted by Crippen LogP contribution is 2.34. The fourth-order valence-electron chi connectivity index (χ4n) is 5.68.